The van der Waals surface area contributed by atoms with Crippen LogP contribution in [0.25, 0.3) is 0 Å². The highest BCUT2D eigenvalue weighted by Gasteiger charge is 2.24. The summed E-state index contributed by atoms with van der Waals surface area (Å²) in [6, 6.07) is -0.0684. The molecule has 0 aliphatic rings. The normalized spacial score (nSPS) is 12.6. The molecule has 0 aromatic carbocycles. The molecule has 1 N–H and O–H groups in total. The van der Waals surface area contributed by atoms with Gasteiger partial charge >= 0.3 is 12.0 Å². The summed E-state index contributed by atoms with van der Waals surface area (Å²) in [5.41, 5.74) is 0. The van der Waals surface area contributed by atoms with Crippen molar-refractivity contribution in [2.24, 2.45) is 11.8 Å². The van der Waals surface area contributed by atoms with Crippen LogP contribution < -0.4 is 0 Å². The van der Waals surface area contributed by atoms with E-state index in [4.69, 9.17) is 5.11 Å². The topological polar surface area (TPSA) is 64.1 Å². The first-order valence-electron chi connectivity index (χ1n) is 7.60. The van der Waals surface area contributed by atoms with Crippen molar-refractivity contribution in [3.05, 3.63) is 0 Å². The molecule has 0 aliphatic heterocycles. The van der Waals surface area contributed by atoms with E-state index in [1.54, 1.807) is 11.8 Å². The number of urea groups is 1. The van der Waals surface area contributed by atoms with Crippen LogP contribution in [0.3, 0.4) is 0 Å². The number of carbonyl (C=O) groups is 2. The Balaban J connectivity index is 4.82. The summed E-state index contributed by atoms with van der Waals surface area (Å²) < 4.78 is 0. The van der Waals surface area contributed by atoms with Crippen LogP contribution in [0.15, 0.2) is 0 Å². The monoisotopic (exact) mass is 301 g/mol. The van der Waals surface area contributed by atoms with E-state index in [1.165, 1.54) is 0 Å². The zero-order valence-corrected chi connectivity index (χ0v) is 14.3. The fourth-order valence-corrected chi connectivity index (χ4v) is 1.98. The molecule has 124 valence electrons. The van der Waals surface area contributed by atoms with E-state index < -0.39 is 11.9 Å². The minimum atomic E-state index is -0.870. The van der Waals surface area contributed by atoms with Gasteiger partial charge in [-0.3, -0.25) is 4.79 Å². The van der Waals surface area contributed by atoms with Crippen molar-refractivity contribution in [2.45, 2.75) is 27.7 Å². The number of carboxylic acids is 1. The highest BCUT2D eigenvalue weighted by atomic mass is 16.4. The third-order valence-electron chi connectivity index (χ3n) is 3.24. The van der Waals surface area contributed by atoms with E-state index in [9.17, 15) is 9.59 Å². The van der Waals surface area contributed by atoms with Crippen LogP contribution in [0.2, 0.25) is 0 Å². The van der Waals surface area contributed by atoms with Gasteiger partial charge in [-0.1, -0.05) is 20.8 Å². The molecule has 1 atom stereocenters. The number of likely N-dealkylation sites (N-methyl/N-ethyl adjacent to an activating group) is 1. The SMILES string of the molecule is CCN(CC(C)C(=O)O)C(=O)N(CCN(C)C)CC(C)C. The molecule has 0 aliphatic carbocycles. The first-order valence-corrected chi connectivity index (χ1v) is 7.60. The zero-order valence-electron chi connectivity index (χ0n) is 14.3. The quantitative estimate of drug-likeness (QED) is 0.703. The summed E-state index contributed by atoms with van der Waals surface area (Å²) >= 11 is 0. The number of carbonyl (C=O) groups excluding carboxylic acids is 1. The maximum Gasteiger partial charge on any atom is 0.320 e. The molecule has 0 aromatic rings. The Labute approximate surface area is 128 Å². The lowest BCUT2D eigenvalue weighted by molar-refractivity contribution is -0.141. The van der Waals surface area contributed by atoms with Gasteiger partial charge in [0.25, 0.3) is 0 Å². The van der Waals surface area contributed by atoms with Crippen molar-refractivity contribution in [1.29, 1.82) is 0 Å². The van der Waals surface area contributed by atoms with E-state index in [-0.39, 0.29) is 12.6 Å². The average Bonchev–Trinajstić information content (AvgIpc) is 2.38. The van der Waals surface area contributed by atoms with Crippen molar-refractivity contribution in [1.82, 2.24) is 14.7 Å². The van der Waals surface area contributed by atoms with Crippen LogP contribution in [0.4, 0.5) is 4.79 Å². The molecular weight excluding hydrogens is 270 g/mol. The average molecular weight is 301 g/mol. The van der Waals surface area contributed by atoms with Gasteiger partial charge in [0, 0.05) is 32.7 Å². The van der Waals surface area contributed by atoms with Crippen LogP contribution >= 0.6 is 0 Å². The third kappa shape index (κ3) is 7.90. The summed E-state index contributed by atoms with van der Waals surface area (Å²) in [6.45, 7) is 10.6. The number of nitrogens with zero attached hydrogens (tertiary/aromatic N) is 3. The molecule has 0 saturated heterocycles. The van der Waals surface area contributed by atoms with Crippen LogP contribution in [0.1, 0.15) is 27.7 Å². The first kappa shape index (κ1) is 19.7. The highest BCUT2D eigenvalue weighted by molar-refractivity contribution is 5.76. The van der Waals surface area contributed by atoms with Gasteiger partial charge in [-0.15, -0.1) is 0 Å². The van der Waals surface area contributed by atoms with E-state index in [0.717, 1.165) is 6.54 Å². The van der Waals surface area contributed by atoms with E-state index >= 15 is 0 Å². The minimum absolute atomic E-state index is 0.0684. The van der Waals surface area contributed by atoms with Gasteiger partial charge in [-0.2, -0.15) is 0 Å². The first-order chi connectivity index (χ1) is 9.68. The van der Waals surface area contributed by atoms with Crippen molar-refractivity contribution in [3.8, 4) is 0 Å². The fourth-order valence-electron chi connectivity index (χ4n) is 1.98. The van der Waals surface area contributed by atoms with Crippen molar-refractivity contribution in [2.75, 3.05) is 46.8 Å². The van der Waals surface area contributed by atoms with Gasteiger partial charge in [-0.05, 0) is 26.9 Å². The van der Waals surface area contributed by atoms with Crippen LogP contribution in [-0.2, 0) is 4.79 Å². The van der Waals surface area contributed by atoms with Gasteiger partial charge in [0.2, 0.25) is 0 Å². The van der Waals surface area contributed by atoms with Gasteiger partial charge in [0.15, 0.2) is 0 Å². The molecule has 2 amide bonds. The Kier molecular flexibility index (Phi) is 9.01. The number of hydrogen-bond acceptors (Lipinski definition) is 3. The number of carboxylic acid groups (broad SMARTS) is 1. The van der Waals surface area contributed by atoms with Crippen LogP contribution in [-0.4, -0.2) is 78.6 Å². The second-order valence-corrected chi connectivity index (χ2v) is 6.20. The summed E-state index contributed by atoms with van der Waals surface area (Å²) in [5.74, 6) is -1.04. The standard InChI is InChI=1S/C15H31N3O3/c1-7-17(11-13(4)14(19)20)15(21)18(10-12(2)3)9-8-16(5)6/h12-13H,7-11H2,1-6H3,(H,19,20). The molecule has 1 unspecified atom stereocenters. The zero-order chi connectivity index (χ0) is 16.6. The minimum Gasteiger partial charge on any atom is -0.481 e. The van der Waals surface area contributed by atoms with E-state index in [1.807, 2.05) is 30.8 Å². The van der Waals surface area contributed by atoms with Crippen LogP contribution in [0, 0.1) is 11.8 Å². The third-order valence-corrected chi connectivity index (χ3v) is 3.24. The molecule has 6 nitrogen and oxygen atoms in total. The van der Waals surface area contributed by atoms with Gasteiger partial charge < -0.3 is 19.8 Å². The van der Waals surface area contributed by atoms with Crippen LogP contribution in [0.5, 0.6) is 0 Å². The molecule has 21 heavy (non-hydrogen) atoms. The maximum absolute atomic E-state index is 12.6. The predicted molar refractivity (Wildman–Crippen MR) is 84.4 cm³/mol. The Morgan fingerprint density at radius 2 is 1.57 bits per heavy atom. The fraction of sp³-hybridized carbons (Fsp3) is 0.867. The van der Waals surface area contributed by atoms with E-state index in [2.05, 4.69) is 13.8 Å². The largest absolute Gasteiger partial charge is 0.481 e. The lowest BCUT2D eigenvalue weighted by atomic mass is 10.1. The number of amides is 2. The van der Waals surface area contributed by atoms with Gasteiger partial charge in [0.05, 0.1) is 5.92 Å². The molecule has 0 heterocycles. The molecule has 0 rings (SSSR count). The molecule has 0 bridgehead atoms. The smallest absolute Gasteiger partial charge is 0.320 e. The maximum atomic E-state index is 12.6. The van der Waals surface area contributed by atoms with Crippen molar-refractivity contribution < 1.29 is 14.7 Å². The molecular formula is C15H31N3O3. The van der Waals surface area contributed by atoms with Gasteiger partial charge in [0.1, 0.15) is 0 Å². The Morgan fingerprint density at radius 3 is 1.95 bits per heavy atom. The Morgan fingerprint density at radius 1 is 1.00 bits per heavy atom. The molecule has 0 spiro atoms. The number of rotatable bonds is 9. The van der Waals surface area contributed by atoms with E-state index in [0.29, 0.717) is 25.6 Å². The summed E-state index contributed by atoms with van der Waals surface area (Å²) in [7, 11) is 3.95. The second kappa shape index (κ2) is 9.60. The highest BCUT2D eigenvalue weighted by Crippen LogP contribution is 2.08. The summed E-state index contributed by atoms with van der Waals surface area (Å²) in [4.78, 5) is 29.1. The Hall–Kier alpha value is -1.30. The molecule has 6 heteroatoms. The van der Waals surface area contributed by atoms with Gasteiger partial charge in [-0.25, -0.2) is 4.79 Å². The predicted octanol–water partition coefficient (Wildman–Crippen LogP) is 1.67. The lowest BCUT2D eigenvalue weighted by Gasteiger charge is -2.32. The van der Waals surface area contributed by atoms with Crippen molar-refractivity contribution in [3.63, 3.8) is 0 Å². The Bertz CT molecular complexity index is 332. The molecule has 0 aromatic heterocycles. The number of hydrogen-bond donors (Lipinski definition) is 1. The summed E-state index contributed by atoms with van der Waals surface area (Å²) in [6.07, 6.45) is 0. The van der Waals surface area contributed by atoms with Crippen molar-refractivity contribution >= 4 is 12.0 Å². The number of aliphatic carboxylic acids is 1. The lowest BCUT2D eigenvalue weighted by Crippen LogP contribution is -2.48. The second-order valence-electron chi connectivity index (χ2n) is 6.20. The summed E-state index contributed by atoms with van der Waals surface area (Å²) in [5, 5.41) is 9.01. The molecule has 0 radical (unpaired) electrons. The molecule has 0 saturated carbocycles. The molecule has 0 fully saturated rings.